The number of halogens is 2. The fourth-order valence-corrected chi connectivity index (χ4v) is 16.0. The Kier molecular flexibility index (Phi) is 10.7. The molecule has 0 spiro atoms. The van der Waals surface area contributed by atoms with Gasteiger partial charge < -0.3 is 24.8 Å². The number of allylic oxidation sites excluding steroid dienone is 4. The average molecular weight is 699 g/mol. The van der Waals surface area contributed by atoms with E-state index in [0.29, 0.717) is 5.92 Å². The average Bonchev–Trinajstić information content (AvgIpc) is 3.55. The number of hydrogen-bond donors (Lipinski definition) is 0. The fraction of sp³-hybridized carbons (Fsp3) is 0.293. The molecular formula is C41H44Cl2Zr. The van der Waals surface area contributed by atoms with Gasteiger partial charge in [-0.2, -0.15) is 0 Å². The van der Waals surface area contributed by atoms with Crippen molar-refractivity contribution in [1.82, 2.24) is 0 Å². The van der Waals surface area contributed by atoms with Crippen molar-refractivity contribution in [2.45, 2.75) is 68.2 Å². The number of rotatable bonds is 5. The van der Waals surface area contributed by atoms with E-state index in [9.17, 15) is 0 Å². The number of aryl methyl sites for hydroxylation is 4. The molecule has 0 fully saturated rings. The summed E-state index contributed by atoms with van der Waals surface area (Å²) in [5, 5.41) is 0. The first-order valence-corrected chi connectivity index (χ1v) is 19.3. The van der Waals surface area contributed by atoms with Crippen molar-refractivity contribution in [3.8, 4) is 11.1 Å². The molecule has 4 aromatic carbocycles. The topological polar surface area (TPSA) is 0 Å². The van der Waals surface area contributed by atoms with Gasteiger partial charge in [0.15, 0.2) is 0 Å². The van der Waals surface area contributed by atoms with E-state index in [1.807, 2.05) is 0 Å². The van der Waals surface area contributed by atoms with Crippen LogP contribution in [0.4, 0.5) is 0 Å². The Labute approximate surface area is 285 Å². The van der Waals surface area contributed by atoms with Crippen molar-refractivity contribution in [1.29, 1.82) is 0 Å². The molecule has 0 radical (unpaired) electrons. The molecule has 0 aromatic heterocycles. The third-order valence-electron chi connectivity index (χ3n) is 9.31. The van der Waals surface area contributed by atoms with Crippen LogP contribution in [0.25, 0.3) is 11.1 Å². The molecule has 0 N–H and O–H groups in total. The van der Waals surface area contributed by atoms with Crippen LogP contribution in [-0.2, 0) is 27.7 Å². The van der Waals surface area contributed by atoms with Crippen LogP contribution >= 0.6 is 0 Å². The van der Waals surface area contributed by atoms with Crippen LogP contribution in [0.3, 0.4) is 0 Å². The maximum absolute atomic E-state index is 2.80. The summed E-state index contributed by atoms with van der Waals surface area (Å²) in [4.78, 5) is 0. The summed E-state index contributed by atoms with van der Waals surface area (Å²) in [7, 11) is 0. The second-order valence-electron chi connectivity index (χ2n) is 13.6. The van der Waals surface area contributed by atoms with Gasteiger partial charge in [-0.15, -0.1) is 0 Å². The Morgan fingerprint density at radius 3 is 1.82 bits per heavy atom. The minimum absolute atomic E-state index is 0. The van der Waals surface area contributed by atoms with E-state index in [0.717, 1.165) is 12.8 Å². The van der Waals surface area contributed by atoms with Gasteiger partial charge in [-0.25, -0.2) is 0 Å². The Bertz CT molecular complexity index is 1730. The molecule has 4 aromatic rings. The Balaban J connectivity index is 0.00000221. The van der Waals surface area contributed by atoms with Crippen LogP contribution < -0.4 is 28.1 Å². The zero-order valence-corrected chi connectivity index (χ0v) is 31.4. The van der Waals surface area contributed by atoms with Gasteiger partial charge in [0.2, 0.25) is 0 Å². The molecule has 0 amide bonds. The molecule has 2 aliphatic rings. The van der Waals surface area contributed by atoms with Gasteiger partial charge in [-0.3, -0.25) is 0 Å². The van der Waals surface area contributed by atoms with Gasteiger partial charge in [-0.05, 0) is 0 Å². The second kappa shape index (κ2) is 13.6. The summed E-state index contributed by atoms with van der Waals surface area (Å²) in [6.45, 7) is 18.5. The molecule has 0 bridgehead atoms. The largest absolute Gasteiger partial charge is 1.00 e. The maximum Gasteiger partial charge on any atom is -1.00 e. The summed E-state index contributed by atoms with van der Waals surface area (Å²) in [5.74, 6) is 0.501. The molecule has 6 rings (SSSR count). The third-order valence-corrected chi connectivity index (χ3v) is 17.6. The minimum atomic E-state index is -2.80. The summed E-state index contributed by atoms with van der Waals surface area (Å²) < 4.78 is 5.06. The van der Waals surface area contributed by atoms with E-state index in [-0.39, 0.29) is 30.2 Å². The van der Waals surface area contributed by atoms with E-state index in [2.05, 4.69) is 146 Å². The molecule has 0 aliphatic heterocycles. The molecular weight excluding hydrogens is 655 g/mol. The van der Waals surface area contributed by atoms with E-state index >= 15 is 0 Å². The van der Waals surface area contributed by atoms with Gasteiger partial charge in [0.25, 0.3) is 0 Å². The molecule has 0 saturated heterocycles. The Morgan fingerprint density at radius 1 is 0.727 bits per heavy atom. The van der Waals surface area contributed by atoms with Crippen LogP contribution in [0.15, 0.2) is 99.9 Å². The van der Waals surface area contributed by atoms with Crippen LogP contribution in [0.2, 0.25) is 0 Å². The fourth-order valence-electron chi connectivity index (χ4n) is 6.87. The zero-order chi connectivity index (χ0) is 29.8. The Morgan fingerprint density at radius 2 is 1.27 bits per heavy atom. The molecule has 226 valence electrons. The van der Waals surface area contributed by atoms with E-state index in [4.69, 9.17) is 0 Å². The van der Waals surface area contributed by atoms with Crippen molar-refractivity contribution in [2.75, 3.05) is 0 Å². The van der Waals surface area contributed by atoms with Crippen LogP contribution in [-0.4, -0.2) is 3.21 Å². The normalized spacial score (nSPS) is 14.8. The molecule has 44 heavy (non-hydrogen) atoms. The van der Waals surface area contributed by atoms with Crippen LogP contribution in [0.1, 0.15) is 78.6 Å². The number of benzene rings is 4. The van der Waals surface area contributed by atoms with E-state index < -0.39 is 21.3 Å². The van der Waals surface area contributed by atoms with Crippen molar-refractivity contribution in [3.63, 3.8) is 0 Å². The second-order valence-corrected chi connectivity index (χ2v) is 19.3. The molecule has 0 saturated carbocycles. The summed E-state index contributed by atoms with van der Waals surface area (Å²) in [6, 6.07) is 30.8. The summed E-state index contributed by atoms with van der Waals surface area (Å²) in [6.07, 6.45) is 7.48. The number of fused-ring (bicyclic) bond motifs is 3. The van der Waals surface area contributed by atoms with Crippen molar-refractivity contribution in [3.05, 3.63) is 144 Å². The van der Waals surface area contributed by atoms with Crippen molar-refractivity contribution in [2.24, 2.45) is 11.3 Å². The first-order valence-electron chi connectivity index (χ1n) is 15.6. The van der Waals surface area contributed by atoms with Crippen LogP contribution in [0.5, 0.6) is 0 Å². The quantitative estimate of drug-likeness (QED) is 0.262. The summed E-state index contributed by atoms with van der Waals surface area (Å²) >= 11 is -2.80. The molecule has 0 nitrogen and oxygen atoms in total. The van der Waals surface area contributed by atoms with Gasteiger partial charge in [0, 0.05) is 0 Å². The SMILES string of the molecule is CCC1C=C(C(C)(C)C)C=[C]1[Zr+2](=[C](c1ccc(C)cc1)c1ccc(C)cc1)[c]1c(C)ccc2c1Cc1cc(C)ccc1-2.[Cl-].[Cl-]. The first kappa shape index (κ1) is 34.6. The predicted molar refractivity (Wildman–Crippen MR) is 179 cm³/mol. The van der Waals surface area contributed by atoms with Gasteiger partial charge >= 0.3 is 263 Å². The van der Waals surface area contributed by atoms with E-state index in [1.165, 1.54) is 55.6 Å². The van der Waals surface area contributed by atoms with Gasteiger partial charge in [-0.1, -0.05) is 0 Å². The first-order chi connectivity index (χ1) is 20.0. The molecule has 3 heteroatoms. The predicted octanol–water partition coefficient (Wildman–Crippen LogP) is 3.91. The summed E-state index contributed by atoms with van der Waals surface area (Å²) in [5.41, 5.74) is 15.9. The van der Waals surface area contributed by atoms with Gasteiger partial charge in [0.1, 0.15) is 0 Å². The van der Waals surface area contributed by atoms with Crippen molar-refractivity contribution < 1.29 is 46.1 Å². The Hall–Kier alpha value is -2.31. The maximum atomic E-state index is 2.66. The molecule has 1 atom stereocenters. The third kappa shape index (κ3) is 6.49. The van der Waals surface area contributed by atoms with Gasteiger partial charge in [0.05, 0.1) is 0 Å². The molecule has 0 heterocycles. The smallest absolute Gasteiger partial charge is 1.00 e. The minimum Gasteiger partial charge on any atom is -1.00 e. The molecule has 2 aliphatic carbocycles. The zero-order valence-electron chi connectivity index (χ0n) is 27.4. The van der Waals surface area contributed by atoms with Crippen LogP contribution in [0, 0.1) is 39.0 Å². The van der Waals surface area contributed by atoms with Crippen molar-refractivity contribution >= 4 is 6.48 Å². The monoisotopic (exact) mass is 696 g/mol. The number of hydrogen-bond acceptors (Lipinski definition) is 0. The van der Waals surface area contributed by atoms with E-state index in [1.54, 1.807) is 15.3 Å². The standard InChI is InChI=1S/C15H13.C15H14.C11H17.2ClH.Zr/c1-10-3-5-14-12(7-10)9-13-8-11(2)4-6-15(13)14;1-12-3-7-14(8-4-12)11-15-9-5-13(2)6-10-15;1-5-9-6-7-10(8-9)11(2,3)4;;;/h3-7H,9H2,1-2H3;3-10H,1-2H3;7-9H,5H2,1-4H3;2*1H;/q;;;;;+2/p-2. The molecule has 1 unspecified atom stereocenters.